The topological polar surface area (TPSA) is 145 Å². The van der Waals surface area contributed by atoms with Crippen molar-refractivity contribution < 1.29 is 27.8 Å². The zero-order valence-corrected chi connectivity index (χ0v) is 40.3. The second kappa shape index (κ2) is 20.2. The summed E-state index contributed by atoms with van der Waals surface area (Å²) in [5.74, 6) is 8.70. The van der Waals surface area contributed by atoms with Gasteiger partial charge >= 0.3 is 0 Å². The minimum atomic E-state index is 0.655. The summed E-state index contributed by atoms with van der Waals surface area (Å²) in [7, 11) is 6.80. The van der Waals surface area contributed by atoms with Crippen LogP contribution in [0.25, 0.3) is 22.2 Å². The van der Waals surface area contributed by atoms with Crippen LogP contribution in [0.15, 0.2) is 93.8 Å². The number of hydrogen-bond donors (Lipinski definition) is 2. The number of fused-ring (bicyclic) bond motifs is 6. The summed E-state index contributed by atoms with van der Waals surface area (Å²) in [5.41, 5.74) is 11.5. The fraction of sp³-hybridized carbons (Fsp3) is 0.333. The van der Waals surface area contributed by atoms with Gasteiger partial charge in [0.25, 0.3) is 0 Å². The molecule has 352 valence electrons. The number of nitrogens with one attached hydrogen (secondary N) is 2. The predicted molar refractivity (Wildman–Crippen MR) is 270 cm³/mol. The summed E-state index contributed by atoms with van der Waals surface area (Å²) in [6.07, 6.45) is 6.63. The molecule has 14 nitrogen and oxygen atoms in total. The van der Waals surface area contributed by atoms with Crippen LogP contribution in [0.5, 0.6) is 23.0 Å². The maximum atomic E-state index is 5.71. The average Bonchev–Trinajstić information content (AvgIpc) is 4.18. The lowest BCUT2D eigenvalue weighted by molar-refractivity contribution is 0.414. The second-order valence-electron chi connectivity index (χ2n) is 17.2. The van der Waals surface area contributed by atoms with E-state index in [1.54, 1.807) is 28.4 Å². The highest BCUT2D eigenvalue weighted by molar-refractivity contribution is 5.91. The minimum absolute atomic E-state index is 0.655. The third-order valence-corrected chi connectivity index (χ3v) is 12.6. The molecular formula is C54H60N8O6. The maximum absolute atomic E-state index is 5.71. The van der Waals surface area contributed by atoms with Crippen LogP contribution in [0, 0.1) is 27.7 Å². The smallest absolute Gasteiger partial charge is 0.231 e. The predicted octanol–water partition coefficient (Wildman–Crippen LogP) is 11.2. The molecule has 4 aliphatic rings. The Labute approximate surface area is 397 Å². The van der Waals surface area contributed by atoms with Gasteiger partial charge in [-0.3, -0.25) is 0 Å². The van der Waals surface area contributed by atoms with Gasteiger partial charge in [0.05, 0.1) is 39.2 Å². The highest BCUT2D eigenvalue weighted by Crippen LogP contribution is 2.40. The molecule has 0 unspecified atom stereocenters. The fourth-order valence-corrected chi connectivity index (χ4v) is 9.30. The summed E-state index contributed by atoms with van der Waals surface area (Å²) in [6.45, 7) is 11.7. The molecule has 0 saturated carbocycles. The van der Waals surface area contributed by atoms with Crippen LogP contribution in [-0.2, 0) is 25.7 Å². The molecule has 4 aromatic carbocycles. The van der Waals surface area contributed by atoms with Gasteiger partial charge in [0.15, 0.2) is 0 Å². The standard InChI is InChI=1S/C18H19N3O2.C17H17N3O2.C10H13NO.C9H11NO/c1-11-9-15-17(19-12(2)20-18(15)23-11)21-8-4-5-13-10-14(22-3)6-7-16(13)21;1-10-8-14-16(18-11(2)19-17(14)22-10)20-7-6-12-9-13(21-3)4-5-15(12)20;1-12-9-4-5-10-8(7-9)3-2-6-11-10;1-11-8-2-3-9-7(6-8)4-5-10-9/h6-7,9-10H,4-5,8H2,1-3H3;4-5,8-9H,6-7H2,1-3H3;4-5,7,11H,2-3,6H2,1H3;2-3,6,10H,4-5H2,1H3. The number of hydrogen-bond acceptors (Lipinski definition) is 14. The molecule has 8 heterocycles. The number of aromatic nitrogens is 4. The third-order valence-electron chi connectivity index (χ3n) is 12.6. The van der Waals surface area contributed by atoms with E-state index in [0.717, 1.165) is 120 Å². The molecule has 0 bridgehead atoms. The van der Waals surface area contributed by atoms with Gasteiger partial charge in [-0.15, -0.1) is 0 Å². The summed E-state index contributed by atoms with van der Waals surface area (Å²) >= 11 is 0. The van der Waals surface area contributed by atoms with Gasteiger partial charge in [0.1, 0.15) is 57.8 Å². The molecule has 4 aliphatic heterocycles. The van der Waals surface area contributed by atoms with E-state index >= 15 is 0 Å². The number of methoxy groups -OCH3 is 4. The number of aryl methyl sites for hydroxylation is 6. The number of anilines is 6. The van der Waals surface area contributed by atoms with Crippen LogP contribution >= 0.6 is 0 Å². The molecule has 0 aliphatic carbocycles. The molecule has 8 aromatic rings. The van der Waals surface area contributed by atoms with Crippen molar-refractivity contribution in [3.8, 4) is 23.0 Å². The molecule has 14 heteroatoms. The van der Waals surface area contributed by atoms with Crippen molar-refractivity contribution in [2.75, 3.05) is 75.1 Å². The SMILES string of the molecule is COc1ccc2c(c1)CCCN2.COc1ccc2c(c1)CCCN2c1nc(C)nc2oc(C)cc12.COc1ccc2c(c1)CCN2.COc1ccc2c(c1)CCN2c1nc(C)nc2oc(C)cc12. The Kier molecular flexibility index (Phi) is 13.5. The van der Waals surface area contributed by atoms with E-state index in [1.807, 2.05) is 64.1 Å². The monoisotopic (exact) mass is 916 g/mol. The fourth-order valence-electron chi connectivity index (χ4n) is 9.30. The van der Waals surface area contributed by atoms with Crippen molar-refractivity contribution in [3.05, 3.63) is 130 Å². The number of rotatable bonds is 6. The average molecular weight is 917 g/mol. The van der Waals surface area contributed by atoms with Crippen molar-refractivity contribution in [1.82, 2.24) is 19.9 Å². The van der Waals surface area contributed by atoms with Gasteiger partial charge in [-0.05, 0) is 173 Å². The van der Waals surface area contributed by atoms with E-state index in [2.05, 4.69) is 83.9 Å². The van der Waals surface area contributed by atoms with Gasteiger partial charge < -0.3 is 48.2 Å². The highest BCUT2D eigenvalue weighted by Gasteiger charge is 2.26. The quantitative estimate of drug-likeness (QED) is 0.163. The molecule has 0 amide bonds. The Morgan fingerprint density at radius 3 is 1.43 bits per heavy atom. The van der Waals surface area contributed by atoms with Crippen LogP contribution < -0.4 is 39.4 Å². The molecule has 68 heavy (non-hydrogen) atoms. The molecule has 0 fully saturated rings. The number of furan rings is 2. The summed E-state index contributed by atoms with van der Waals surface area (Å²) in [6, 6.07) is 28.8. The van der Waals surface area contributed by atoms with E-state index in [0.29, 0.717) is 11.4 Å². The molecule has 0 saturated heterocycles. The maximum Gasteiger partial charge on any atom is 0.231 e. The van der Waals surface area contributed by atoms with Crippen LogP contribution in [-0.4, -0.2) is 74.6 Å². The zero-order valence-electron chi connectivity index (χ0n) is 40.3. The van der Waals surface area contributed by atoms with Gasteiger partial charge in [-0.2, -0.15) is 9.97 Å². The Morgan fingerprint density at radius 2 is 0.897 bits per heavy atom. The van der Waals surface area contributed by atoms with Crippen molar-refractivity contribution in [1.29, 1.82) is 0 Å². The van der Waals surface area contributed by atoms with E-state index in [9.17, 15) is 0 Å². The van der Waals surface area contributed by atoms with Crippen molar-refractivity contribution in [3.63, 3.8) is 0 Å². The van der Waals surface area contributed by atoms with E-state index in [-0.39, 0.29) is 0 Å². The Morgan fingerprint density at radius 1 is 0.456 bits per heavy atom. The van der Waals surface area contributed by atoms with Gasteiger partial charge in [-0.25, -0.2) is 9.97 Å². The first-order valence-electron chi connectivity index (χ1n) is 23.3. The first kappa shape index (κ1) is 45.7. The first-order valence-corrected chi connectivity index (χ1v) is 23.3. The van der Waals surface area contributed by atoms with Gasteiger partial charge in [0, 0.05) is 48.9 Å². The lowest BCUT2D eigenvalue weighted by Crippen LogP contribution is -2.25. The minimum Gasteiger partial charge on any atom is -0.497 e. The molecule has 0 radical (unpaired) electrons. The second-order valence-corrected chi connectivity index (χ2v) is 17.2. The van der Waals surface area contributed by atoms with E-state index in [1.165, 1.54) is 57.8 Å². The largest absolute Gasteiger partial charge is 0.497 e. The number of benzene rings is 4. The number of ether oxygens (including phenoxy) is 4. The molecule has 12 rings (SSSR count). The van der Waals surface area contributed by atoms with Gasteiger partial charge in [0.2, 0.25) is 11.4 Å². The van der Waals surface area contributed by atoms with Crippen LogP contribution in [0.2, 0.25) is 0 Å². The summed E-state index contributed by atoms with van der Waals surface area (Å²) < 4.78 is 32.3. The van der Waals surface area contributed by atoms with Crippen molar-refractivity contribution >= 4 is 56.6 Å². The van der Waals surface area contributed by atoms with Crippen LogP contribution in [0.4, 0.5) is 34.4 Å². The van der Waals surface area contributed by atoms with Crippen LogP contribution in [0.1, 0.15) is 58.3 Å². The summed E-state index contributed by atoms with van der Waals surface area (Å²) in [4.78, 5) is 22.7. The van der Waals surface area contributed by atoms with Crippen molar-refractivity contribution in [2.45, 2.75) is 66.2 Å². The zero-order chi connectivity index (χ0) is 47.3. The highest BCUT2D eigenvalue weighted by atomic mass is 16.5. The molecule has 0 atom stereocenters. The third kappa shape index (κ3) is 9.81. The normalized spacial score (nSPS) is 14.1. The molecule has 0 spiro atoms. The van der Waals surface area contributed by atoms with Crippen LogP contribution in [0.3, 0.4) is 0 Å². The number of nitrogens with zero attached hydrogens (tertiary/aromatic N) is 6. The van der Waals surface area contributed by atoms with Gasteiger partial charge in [-0.1, -0.05) is 0 Å². The van der Waals surface area contributed by atoms with E-state index < -0.39 is 0 Å². The summed E-state index contributed by atoms with van der Waals surface area (Å²) in [5, 5.41) is 8.59. The van der Waals surface area contributed by atoms with Crippen molar-refractivity contribution in [2.24, 2.45) is 0 Å². The lowest BCUT2D eigenvalue weighted by atomic mass is 10.0. The Bertz CT molecular complexity index is 3070. The Hall–Kier alpha value is -7.48. The molecule has 4 aromatic heterocycles. The molecular weight excluding hydrogens is 857 g/mol. The Balaban J connectivity index is 0.000000119. The van der Waals surface area contributed by atoms with E-state index in [4.69, 9.17) is 32.8 Å². The molecule has 2 N–H and O–H groups in total. The first-order chi connectivity index (χ1) is 33.1. The lowest BCUT2D eigenvalue weighted by Gasteiger charge is -2.31.